The standard InChI is InChI=1S/C29H45N3O4/c1-9-12-14-20-32(27(34)24(21(4)5)31-28(35)36-29(6,7)8)25(26(33)30-19-13-10-2)23-17-15-22(11-3)16-18-23/h3,15-18,21,24-25H,9-10,12-14,19-20H2,1-2,4-8H3,(H,30,33)(H,31,35). The van der Waals surface area contributed by atoms with Crippen molar-refractivity contribution < 1.29 is 19.1 Å². The van der Waals surface area contributed by atoms with Gasteiger partial charge < -0.3 is 20.3 Å². The quantitative estimate of drug-likeness (QED) is 0.289. The average molecular weight is 500 g/mol. The molecule has 3 amide bonds. The number of unbranched alkanes of at least 4 members (excludes halogenated alkanes) is 3. The second-order valence-corrected chi connectivity index (χ2v) is 10.4. The lowest BCUT2D eigenvalue weighted by Crippen LogP contribution is -2.55. The molecule has 0 aliphatic carbocycles. The van der Waals surface area contributed by atoms with Crippen LogP contribution in [0.3, 0.4) is 0 Å². The van der Waals surface area contributed by atoms with Crippen LogP contribution in [0.15, 0.2) is 24.3 Å². The van der Waals surface area contributed by atoms with Crippen LogP contribution >= 0.6 is 0 Å². The van der Waals surface area contributed by atoms with Gasteiger partial charge in [-0.05, 0) is 57.2 Å². The van der Waals surface area contributed by atoms with Crippen molar-refractivity contribution in [2.45, 2.75) is 98.3 Å². The second-order valence-electron chi connectivity index (χ2n) is 10.4. The number of terminal acetylenes is 1. The molecule has 0 saturated heterocycles. The highest BCUT2D eigenvalue weighted by molar-refractivity contribution is 5.92. The van der Waals surface area contributed by atoms with Crippen LogP contribution in [0.25, 0.3) is 0 Å². The molecule has 2 N–H and O–H groups in total. The Bertz CT molecular complexity index is 881. The van der Waals surface area contributed by atoms with E-state index in [9.17, 15) is 14.4 Å². The summed E-state index contributed by atoms with van der Waals surface area (Å²) < 4.78 is 5.41. The minimum absolute atomic E-state index is 0.216. The number of hydrogen-bond donors (Lipinski definition) is 2. The van der Waals surface area contributed by atoms with Crippen LogP contribution in [0.5, 0.6) is 0 Å². The van der Waals surface area contributed by atoms with Crippen LogP contribution in [0, 0.1) is 18.3 Å². The SMILES string of the molecule is C#Cc1ccc(C(C(=O)NCCCC)N(CCCCC)C(=O)C(NC(=O)OC(C)(C)C)C(C)C)cc1. The molecule has 1 rings (SSSR count). The van der Waals surface area contributed by atoms with Gasteiger partial charge in [-0.3, -0.25) is 9.59 Å². The van der Waals surface area contributed by atoms with Crippen molar-refractivity contribution in [2.24, 2.45) is 5.92 Å². The maximum atomic E-state index is 14.0. The number of hydrogen-bond acceptors (Lipinski definition) is 4. The van der Waals surface area contributed by atoms with Crippen LogP contribution in [-0.2, 0) is 14.3 Å². The molecule has 7 heteroatoms. The van der Waals surface area contributed by atoms with Crippen molar-refractivity contribution in [1.82, 2.24) is 15.5 Å². The third-order valence-corrected chi connectivity index (χ3v) is 5.67. The summed E-state index contributed by atoms with van der Waals surface area (Å²) in [5, 5.41) is 5.74. The molecule has 2 atom stereocenters. The zero-order valence-electron chi connectivity index (χ0n) is 23.1. The molecule has 0 radical (unpaired) electrons. The molecule has 36 heavy (non-hydrogen) atoms. The fourth-order valence-electron chi connectivity index (χ4n) is 3.74. The topological polar surface area (TPSA) is 87.7 Å². The van der Waals surface area contributed by atoms with E-state index in [4.69, 9.17) is 11.2 Å². The van der Waals surface area contributed by atoms with Gasteiger partial charge >= 0.3 is 6.09 Å². The van der Waals surface area contributed by atoms with E-state index in [1.807, 2.05) is 13.8 Å². The average Bonchev–Trinajstić information content (AvgIpc) is 2.80. The minimum atomic E-state index is -0.850. The van der Waals surface area contributed by atoms with E-state index in [0.717, 1.165) is 32.1 Å². The first kappa shape index (κ1) is 31.0. The predicted molar refractivity (Wildman–Crippen MR) is 144 cm³/mol. The molecular formula is C29H45N3O4. The highest BCUT2D eigenvalue weighted by Gasteiger charge is 2.37. The summed E-state index contributed by atoms with van der Waals surface area (Å²) in [5.74, 6) is 1.81. The Morgan fingerprint density at radius 3 is 2.14 bits per heavy atom. The monoisotopic (exact) mass is 499 g/mol. The zero-order valence-corrected chi connectivity index (χ0v) is 23.1. The van der Waals surface area contributed by atoms with Crippen LogP contribution in [0.2, 0.25) is 0 Å². The molecule has 0 bridgehead atoms. The molecule has 0 aliphatic heterocycles. The summed E-state index contributed by atoms with van der Waals surface area (Å²) in [5.41, 5.74) is 0.669. The second kappa shape index (κ2) is 15.2. The summed E-state index contributed by atoms with van der Waals surface area (Å²) in [6, 6.07) is 5.44. The highest BCUT2D eigenvalue weighted by Crippen LogP contribution is 2.25. The summed E-state index contributed by atoms with van der Waals surface area (Å²) >= 11 is 0. The Kier molecular flexibility index (Phi) is 13.1. The lowest BCUT2D eigenvalue weighted by molar-refractivity contribution is -0.143. The van der Waals surface area contributed by atoms with Gasteiger partial charge in [-0.2, -0.15) is 0 Å². The minimum Gasteiger partial charge on any atom is -0.444 e. The van der Waals surface area contributed by atoms with Crippen molar-refractivity contribution in [1.29, 1.82) is 0 Å². The van der Waals surface area contributed by atoms with E-state index in [0.29, 0.717) is 24.2 Å². The maximum Gasteiger partial charge on any atom is 0.408 e. The number of amides is 3. The van der Waals surface area contributed by atoms with E-state index in [-0.39, 0.29) is 17.7 Å². The fraction of sp³-hybridized carbons (Fsp3) is 0.621. The van der Waals surface area contributed by atoms with Crippen molar-refractivity contribution in [3.63, 3.8) is 0 Å². The lowest BCUT2D eigenvalue weighted by Gasteiger charge is -2.35. The molecule has 1 aromatic carbocycles. The Morgan fingerprint density at radius 1 is 1.03 bits per heavy atom. The highest BCUT2D eigenvalue weighted by atomic mass is 16.6. The fourth-order valence-corrected chi connectivity index (χ4v) is 3.74. The first-order valence-electron chi connectivity index (χ1n) is 13.1. The van der Waals surface area contributed by atoms with Crippen molar-refractivity contribution in [3.8, 4) is 12.3 Å². The first-order valence-corrected chi connectivity index (χ1v) is 13.1. The molecule has 0 fully saturated rings. The van der Waals surface area contributed by atoms with Gasteiger partial charge in [0.25, 0.3) is 0 Å². The van der Waals surface area contributed by atoms with E-state index in [1.54, 1.807) is 49.9 Å². The number of benzene rings is 1. The Hall–Kier alpha value is -3.01. The van der Waals surface area contributed by atoms with E-state index < -0.39 is 23.8 Å². The summed E-state index contributed by atoms with van der Waals surface area (Å²) in [6.45, 7) is 14.1. The van der Waals surface area contributed by atoms with E-state index >= 15 is 0 Å². The molecule has 200 valence electrons. The zero-order chi connectivity index (χ0) is 27.3. The van der Waals surface area contributed by atoms with Gasteiger partial charge in [0.15, 0.2) is 0 Å². The normalized spacial score (nSPS) is 12.9. The van der Waals surface area contributed by atoms with Crippen LogP contribution in [-0.4, -0.2) is 47.5 Å². The molecule has 0 spiro atoms. The number of ether oxygens (including phenoxy) is 1. The predicted octanol–water partition coefficient (Wildman–Crippen LogP) is 5.19. The van der Waals surface area contributed by atoms with E-state index in [1.165, 1.54) is 0 Å². The molecular weight excluding hydrogens is 454 g/mol. The number of rotatable bonds is 13. The number of carbonyl (C=O) groups excluding carboxylic acids is 3. The van der Waals surface area contributed by atoms with Gasteiger partial charge in [0.05, 0.1) is 0 Å². The smallest absolute Gasteiger partial charge is 0.408 e. The Labute approximate surface area is 217 Å². The van der Waals surface area contributed by atoms with Crippen molar-refractivity contribution in [2.75, 3.05) is 13.1 Å². The number of nitrogens with one attached hydrogen (secondary N) is 2. The summed E-state index contributed by atoms with van der Waals surface area (Å²) in [6.07, 6.45) is 9.26. The lowest BCUT2D eigenvalue weighted by atomic mass is 9.97. The van der Waals surface area contributed by atoms with Gasteiger partial charge in [0.2, 0.25) is 11.8 Å². The van der Waals surface area contributed by atoms with Gasteiger partial charge in [-0.15, -0.1) is 6.42 Å². The van der Waals surface area contributed by atoms with E-state index in [2.05, 4.69) is 30.4 Å². The molecule has 0 heterocycles. The molecule has 0 aromatic heterocycles. The summed E-state index contributed by atoms with van der Waals surface area (Å²) in [4.78, 5) is 41.7. The maximum absolute atomic E-state index is 14.0. The van der Waals surface area contributed by atoms with Crippen LogP contribution in [0.1, 0.15) is 97.7 Å². The number of carbonyl (C=O) groups is 3. The number of nitrogens with zero attached hydrogens (tertiary/aromatic N) is 1. The van der Waals surface area contributed by atoms with Crippen molar-refractivity contribution in [3.05, 3.63) is 35.4 Å². The first-order chi connectivity index (χ1) is 16.9. The number of alkyl carbamates (subject to hydrolysis) is 1. The van der Waals surface area contributed by atoms with Crippen molar-refractivity contribution >= 4 is 17.9 Å². The van der Waals surface area contributed by atoms with Crippen LogP contribution < -0.4 is 10.6 Å². The molecule has 1 aromatic rings. The van der Waals surface area contributed by atoms with Gasteiger partial charge in [-0.1, -0.05) is 65.0 Å². The molecule has 0 saturated carbocycles. The van der Waals surface area contributed by atoms with Gasteiger partial charge in [-0.25, -0.2) is 4.79 Å². The molecule has 2 unspecified atom stereocenters. The Balaban J connectivity index is 3.43. The van der Waals surface area contributed by atoms with Crippen LogP contribution in [0.4, 0.5) is 4.79 Å². The largest absolute Gasteiger partial charge is 0.444 e. The Morgan fingerprint density at radius 2 is 1.64 bits per heavy atom. The molecule has 0 aliphatic rings. The third-order valence-electron chi connectivity index (χ3n) is 5.67. The third kappa shape index (κ3) is 10.3. The summed E-state index contributed by atoms with van der Waals surface area (Å²) in [7, 11) is 0. The van der Waals surface area contributed by atoms with Gasteiger partial charge in [0.1, 0.15) is 17.7 Å². The van der Waals surface area contributed by atoms with Gasteiger partial charge in [0, 0.05) is 18.7 Å². The molecule has 7 nitrogen and oxygen atoms in total.